The molecule has 3 rings (SSSR count). The molecular weight excluding hydrogens is 351 g/mol. The molecule has 0 fully saturated rings. The summed E-state index contributed by atoms with van der Waals surface area (Å²) in [7, 11) is 0. The minimum absolute atomic E-state index is 0.154. The molecule has 102 valence electrons. The van der Waals surface area contributed by atoms with E-state index in [4.69, 9.17) is 26.3 Å². The standard InChI is InChI=1S/C13H7BrClFN2O2/c14-10-4-3-9(19-10)12-11(13(17)18-20-12)7-2-1-6(16)5-8(7)15/h1-5H,(H2,17,18). The fraction of sp³-hybridized carbons (Fsp3) is 0. The molecule has 2 aromatic heterocycles. The molecular formula is C13H7BrClFN2O2. The summed E-state index contributed by atoms with van der Waals surface area (Å²) >= 11 is 9.26. The van der Waals surface area contributed by atoms with Gasteiger partial charge in [0.05, 0.1) is 10.6 Å². The van der Waals surface area contributed by atoms with E-state index in [2.05, 4.69) is 21.1 Å². The van der Waals surface area contributed by atoms with E-state index in [9.17, 15) is 4.39 Å². The van der Waals surface area contributed by atoms with Crippen molar-refractivity contribution in [3.05, 3.63) is 45.8 Å². The molecule has 0 aliphatic heterocycles. The molecule has 3 aromatic rings. The SMILES string of the molecule is Nc1noc(-c2ccc(Br)o2)c1-c1ccc(F)cc1Cl. The van der Waals surface area contributed by atoms with E-state index in [0.717, 1.165) is 0 Å². The molecule has 2 N–H and O–H groups in total. The summed E-state index contributed by atoms with van der Waals surface area (Å²) in [5, 5.41) is 3.93. The Morgan fingerprint density at radius 2 is 2.05 bits per heavy atom. The Balaban J connectivity index is 2.21. The average molecular weight is 358 g/mol. The van der Waals surface area contributed by atoms with Gasteiger partial charge in [0.1, 0.15) is 5.82 Å². The monoisotopic (exact) mass is 356 g/mol. The number of halogens is 3. The summed E-state index contributed by atoms with van der Waals surface area (Å²) < 4.78 is 24.3. The summed E-state index contributed by atoms with van der Waals surface area (Å²) in [4.78, 5) is 0. The first-order chi connectivity index (χ1) is 9.56. The van der Waals surface area contributed by atoms with Gasteiger partial charge < -0.3 is 14.7 Å². The molecule has 0 aliphatic rings. The van der Waals surface area contributed by atoms with Crippen molar-refractivity contribution < 1.29 is 13.3 Å². The first-order valence-electron chi connectivity index (χ1n) is 5.52. The minimum Gasteiger partial charge on any atom is -0.446 e. The lowest BCUT2D eigenvalue weighted by Crippen LogP contribution is -1.90. The summed E-state index contributed by atoms with van der Waals surface area (Å²) in [6.45, 7) is 0. The number of aromatic nitrogens is 1. The third-order valence-corrected chi connectivity index (χ3v) is 3.45. The van der Waals surface area contributed by atoms with Crippen LogP contribution < -0.4 is 5.73 Å². The van der Waals surface area contributed by atoms with E-state index < -0.39 is 5.82 Å². The number of anilines is 1. The van der Waals surface area contributed by atoms with Gasteiger partial charge in [0.15, 0.2) is 16.2 Å². The van der Waals surface area contributed by atoms with Crippen LogP contribution in [0.2, 0.25) is 5.02 Å². The highest BCUT2D eigenvalue weighted by molar-refractivity contribution is 9.10. The zero-order valence-electron chi connectivity index (χ0n) is 9.86. The molecule has 7 heteroatoms. The second-order valence-electron chi connectivity index (χ2n) is 4.00. The van der Waals surface area contributed by atoms with Crippen LogP contribution in [0.4, 0.5) is 10.2 Å². The summed E-state index contributed by atoms with van der Waals surface area (Å²) in [5.41, 5.74) is 6.81. The molecule has 0 unspecified atom stereocenters. The van der Waals surface area contributed by atoms with Crippen LogP contribution in [0.15, 0.2) is 43.9 Å². The number of benzene rings is 1. The van der Waals surface area contributed by atoms with E-state index >= 15 is 0 Å². The Bertz CT molecular complexity index is 785. The smallest absolute Gasteiger partial charge is 0.212 e. The van der Waals surface area contributed by atoms with Crippen LogP contribution >= 0.6 is 27.5 Å². The molecule has 20 heavy (non-hydrogen) atoms. The van der Waals surface area contributed by atoms with Crippen molar-refractivity contribution in [3.63, 3.8) is 0 Å². The largest absolute Gasteiger partial charge is 0.446 e. The van der Waals surface area contributed by atoms with Gasteiger partial charge in [-0.05, 0) is 46.3 Å². The molecule has 1 aromatic carbocycles. The molecule has 0 saturated carbocycles. The van der Waals surface area contributed by atoms with Crippen LogP contribution in [0.5, 0.6) is 0 Å². The van der Waals surface area contributed by atoms with Gasteiger partial charge in [-0.1, -0.05) is 16.8 Å². The van der Waals surface area contributed by atoms with Crippen molar-refractivity contribution in [2.24, 2.45) is 0 Å². The van der Waals surface area contributed by atoms with Gasteiger partial charge in [0, 0.05) is 5.56 Å². The summed E-state index contributed by atoms with van der Waals surface area (Å²) in [6.07, 6.45) is 0. The van der Waals surface area contributed by atoms with Crippen molar-refractivity contribution >= 4 is 33.3 Å². The topological polar surface area (TPSA) is 65.2 Å². The van der Waals surface area contributed by atoms with Crippen molar-refractivity contribution in [2.45, 2.75) is 0 Å². The number of nitrogens with two attached hydrogens (primary N) is 1. The van der Waals surface area contributed by atoms with Gasteiger partial charge in [-0.15, -0.1) is 0 Å². The van der Waals surface area contributed by atoms with E-state index in [-0.39, 0.29) is 10.8 Å². The highest BCUT2D eigenvalue weighted by Gasteiger charge is 2.22. The normalized spacial score (nSPS) is 10.9. The van der Waals surface area contributed by atoms with Crippen molar-refractivity contribution in [1.82, 2.24) is 5.16 Å². The maximum Gasteiger partial charge on any atom is 0.212 e. The van der Waals surface area contributed by atoms with E-state index in [1.807, 2.05) is 0 Å². The summed E-state index contributed by atoms with van der Waals surface area (Å²) in [6, 6.07) is 7.41. The van der Waals surface area contributed by atoms with Crippen molar-refractivity contribution in [1.29, 1.82) is 0 Å². The Labute approximate surface area is 126 Å². The lowest BCUT2D eigenvalue weighted by Gasteiger charge is -2.03. The lowest BCUT2D eigenvalue weighted by molar-refractivity contribution is 0.419. The number of hydrogen-bond donors (Lipinski definition) is 1. The van der Waals surface area contributed by atoms with Crippen LogP contribution in [-0.2, 0) is 0 Å². The lowest BCUT2D eigenvalue weighted by atomic mass is 10.0. The molecule has 0 spiro atoms. The maximum absolute atomic E-state index is 13.1. The number of hydrogen-bond acceptors (Lipinski definition) is 4. The van der Waals surface area contributed by atoms with Crippen LogP contribution in [0.1, 0.15) is 0 Å². The molecule has 4 nitrogen and oxygen atoms in total. The van der Waals surface area contributed by atoms with E-state index in [1.165, 1.54) is 18.2 Å². The predicted molar refractivity (Wildman–Crippen MR) is 76.7 cm³/mol. The van der Waals surface area contributed by atoms with Gasteiger partial charge in [-0.2, -0.15) is 0 Å². The first kappa shape index (κ1) is 13.2. The van der Waals surface area contributed by atoms with Crippen LogP contribution in [0.3, 0.4) is 0 Å². The van der Waals surface area contributed by atoms with Crippen molar-refractivity contribution in [2.75, 3.05) is 5.73 Å². The zero-order valence-corrected chi connectivity index (χ0v) is 12.2. The van der Waals surface area contributed by atoms with Gasteiger partial charge in [0.2, 0.25) is 5.76 Å². The second kappa shape index (κ2) is 4.96. The Morgan fingerprint density at radius 1 is 1.25 bits per heavy atom. The van der Waals surface area contributed by atoms with Gasteiger partial charge >= 0.3 is 0 Å². The van der Waals surface area contributed by atoms with E-state index in [1.54, 1.807) is 12.1 Å². The minimum atomic E-state index is -0.434. The van der Waals surface area contributed by atoms with E-state index in [0.29, 0.717) is 27.3 Å². The number of nitrogen functional groups attached to an aromatic ring is 1. The number of rotatable bonds is 2. The fourth-order valence-corrected chi connectivity index (χ4v) is 2.43. The molecule has 0 aliphatic carbocycles. The molecule has 0 atom stereocenters. The van der Waals surface area contributed by atoms with Gasteiger partial charge in [0.25, 0.3) is 0 Å². The van der Waals surface area contributed by atoms with Crippen molar-refractivity contribution in [3.8, 4) is 22.6 Å². The Kier molecular flexibility index (Phi) is 3.27. The predicted octanol–water partition coefficient (Wildman–Crippen LogP) is 4.74. The fourth-order valence-electron chi connectivity index (χ4n) is 1.86. The van der Waals surface area contributed by atoms with Crippen LogP contribution in [0, 0.1) is 5.82 Å². The quantitative estimate of drug-likeness (QED) is 0.719. The molecule has 0 radical (unpaired) electrons. The average Bonchev–Trinajstić information content (AvgIpc) is 2.96. The van der Waals surface area contributed by atoms with Gasteiger partial charge in [-0.3, -0.25) is 0 Å². The highest BCUT2D eigenvalue weighted by atomic mass is 79.9. The third kappa shape index (κ3) is 2.21. The molecule has 0 bridgehead atoms. The van der Waals surface area contributed by atoms with Crippen LogP contribution in [-0.4, -0.2) is 5.16 Å². The Morgan fingerprint density at radius 3 is 2.70 bits per heavy atom. The molecule has 2 heterocycles. The number of nitrogens with zero attached hydrogens (tertiary/aromatic N) is 1. The maximum atomic E-state index is 13.1. The summed E-state index contributed by atoms with van der Waals surface area (Å²) in [5.74, 6) is 0.496. The third-order valence-electron chi connectivity index (χ3n) is 2.72. The Hall–Kier alpha value is -1.79. The van der Waals surface area contributed by atoms with Gasteiger partial charge in [-0.25, -0.2) is 4.39 Å². The highest BCUT2D eigenvalue weighted by Crippen LogP contribution is 2.40. The molecule has 0 amide bonds. The molecule has 0 saturated heterocycles. The first-order valence-corrected chi connectivity index (χ1v) is 6.69. The number of furan rings is 1. The zero-order chi connectivity index (χ0) is 14.3. The van der Waals surface area contributed by atoms with Crippen LogP contribution in [0.25, 0.3) is 22.6 Å². The second-order valence-corrected chi connectivity index (χ2v) is 5.19.